The fraction of sp³-hybridized carbons (Fsp3) is 0.121. The normalized spacial score (nSPS) is 12.1. The van der Waals surface area contributed by atoms with E-state index in [1.807, 2.05) is 44.2 Å². The first-order chi connectivity index (χ1) is 17.9. The molecular weight excluding hydrogens is 559 g/mol. The van der Waals surface area contributed by atoms with Crippen molar-refractivity contribution in [2.45, 2.75) is 27.7 Å². The van der Waals surface area contributed by atoms with E-state index < -0.39 is 0 Å². The molecule has 0 amide bonds. The zero-order valence-corrected chi connectivity index (χ0v) is 22.9. The van der Waals surface area contributed by atoms with Gasteiger partial charge in [-0.3, -0.25) is 5.10 Å². The molecule has 1 aliphatic rings. The van der Waals surface area contributed by atoms with Gasteiger partial charge in [0.1, 0.15) is 5.82 Å². The number of nitrogens with one attached hydrogen (secondary N) is 1. The topological polar surface area (TPSA) is 28.7 Å². The van der Waals surface area contributed by atoms with Gasteiger partial charge in [0.15, 0.2) is 0 Å². The van der Waals surface area contributed by atoms with Crippen LogP contribution in [0.5, 0.6) is 0 Å². The van der Waals surface area contributed by atoms with Crippen LogP contribution in [0.3, 0.4) is 0 Å². The summed E-state index contributed by atoms with van der Waals surface area (Å²) in [6, 6.07) is 25.3. The third kappa shape index (κ3) is 6.15. The number of fused-ring (bicyclic) bond motifs is 2. The molecule has 192 valence electrons. The fourth-order valence-corrected chi connectivity index (χ4v) is 4.92. The second-order valence-corrected chi connectivity index (χ2v) is 10.5. The van der Waals surface area contributed by atoms with Crippen LogP contribution in [0.1, 0.15) is 35.2 Å². The highest BCUT2D eigenvalue weighted by molar-refractivity contribution is 9.10. The summed E-state index contributed by atoms with van der Waals surface area (Å²) >= 11 is 9.59. The van der Waals surface area contributed by atoms with Crippen LogP contribution in [0.4, 0.5) is 4.39 Å². The number of H-pyrrole nitrogens is 1. The maximum atomic E-state index is 13.1. The minimum Gasteiger partial charge on any atom is -0.277 e. The number of hydrogen-bond acceptors (Lipinski definition) is 1. The van der Waals surface area contributed by atoms with Gasteiger partial charge in [0.2, 0.25) is 0 Å². The number of nitrogens with zero attached hydrogens (tertiary/aromatic N) is 1. The molecule has 0 fully saturated rings. The quantitative estimate of drug-likeness (QED) is 0.223. The molecule has 2 nitrogen and oxygen atoms in total. The number of aromatic nitrogens is 2. The highest BCUT2D eigenvalue weighted by Crippen LogP contribution is 2.31. The van der Waals surface area contributed by atoms with Crippen LogP contribution in [-0.4, -0.2) is 10.2 Å². The first-order valence-corrected chi connectivity index (χ1v) is 13.2. The summed E-state index contributed by atoms with van der Waals surface area (Å²) in [7, 11) is 0. The second kappa shape index (κ2) is 11.9. The molecule has 0 saturated carbocycles. The van der Waals surface area contributed by atoms with Crippen molar-refractivity contribution in [2.75, 3.05) is 0 Å². The van der Waals surface area contributed by atoms with Gasteiger partial charge in [-0.15, -0.1) is 0 Å². The Balaban J connectivity index is 0.000000174. The second-order valence-electron chi connectivity index (χ2n) is 9.14. The lowest BCUT2D eigenvalue weighted by Crippen LogP contribution is -1.83. The van der Waals surface area contributed by atoms with Gasteiger partial charge in [-0.05, 0) is 90.6 Å². The van der Waals surface area contributed by atoms with Crippen molar-refractivity contribution in [2.24, 2.45) is 0 Å². The lowest BCUT2D eigenvalue weighted by Gasteiger charge is -2.03. The average Bonchev–Trinajstić information content (AvgIpc) is 3.48. The number of aromatic amines is 1. The maximum absolute atomic E-state index is 13.1. The van der Waals surface area contributed by atoms with Crippen LogP contribution in [0.2, 0.25) is 5.02 Å². The van der Waals surface area contributed by atoms with Gasteiger partial charge in [0, 0.05) is 20.4 Å². The van der Waals surface area contributed by atoms with Crippen LogP contribution in [0.25, 0.3) is 33.8 Å². The van der Waals surface area contributed by atoms with E-state index in [2.05, 4.69) is 74.7 Å². The number of benzene rings is 4. The molecule has 0 atom stereocenters. The standard InChI is InChI=1S/C18H14BrCl.C14H11FN2.CH4/c1-12-10-13(3-9-18(12)20)2-4-14-5-6-15-7-8-16(19)11-17(14)15;1-9-3-2-4-10(7-9)14-12-6-5-11(15)8-13(12)16-17-14;/h2-5,7-11H,6H2,1H3;2-8H,1H3,(H,16,17);1H4/b4-2+;;. The summed E-state index contributed by atoms with van der Waals surface area (Å²) in [6.45, 7) is 4.07. The van der Waals surface area contributed by atoms with Crippen LogP contribution in [0.15, 0.2) is 95.5 Å². The Morgan fingerprint density at radius 1 is 0.947 bits per heavy atom. The monoisotopic (exact) mass is 586 g/mol. The van der Waals surface area contributed by atoms with E-state index in [-0.39, 0.29) is 13.2 Å². The van der Waals surface area contributed by atoms with Gasteiger partial charge in [0.25, 0.3) is 0 Å². The minimum atomic E-state index is -0.253. The largest absolute Gasteiger partial charge is 0.277 e. The Kier molecular flexibility index (Phi) is 8.65. The molecule has 0 bridgehead atoms. The van der Waals surface area contributed by atoms with E-state index in [4.69, 9.17) is 11.6 Å². The molecule has 38 heavy (non-hydrogen) atoms. The summed E-state index contributed by atoms with van der Waals surface area (Å²) in [6.07, 6.45) is 7.62. The van der Waals surface area contributed by atoms with Gasteiger partial charge in [-0.1, -0.05) is 95.1 Å². The number of halogens is 3. The first kappa shape index (κ1) is 27.6. The molecule has 1 N–H and O–H groups in total. The fourth-order valence-electron chi connectivity index (χ4n) is 4.44. The third-order valence-electron chi connectivity index (χ3n) is 6.38. The Hall–Kier alpha value is -3.47. The Labute approximate surface area is 237 Å². The van der Waals surface area contributed by atoms with Crippen molar-refractivity contribution in [3.63, 3.8) is 0 Å². The molecule has 1 aromatic heterocycles. The smallest absolute Gasteiger partial charge is 0.125 e. The molecule has 1 aliphatic carbocycles. The molecule has 5 aromatic rings. The highest BCUT2D eigenvalue weighted by atomic mass is 79.9. The summed E-state index contributed by atoms with van der Waals surface area (Å²) < 4.78 is 14.2. The van der Waals surface area contributed by atoms with Crippen molar-refractivity contribution in [1.82, 2.24) is 10.2 Å². The van der Waals surface area contributed by atoms with E-state index in [1.54, 1.807) is 6.07 Å². The molecule has 4 aromatic carbocycles. The summed E-state index contributed by atoms with van der Waals surface area (Å²) in [5.74, 6) is -0.253. The van der Waals surface area contributed by atoms with Crippen molar-refractivity contribution >= 4 is 50.1 Å². The van der Waals surface area contributed by atoms with Crippen molar-refractivity contribution < 1.29 is 4.39 Å². The Morgan fingerprint density at radius 2 is 1.79 bits per heavy atom. The third-order valence-corrected chi connectivity index (χ3v) is 7.30. The van der Waals surface area contributed by atoms with E-state index >= 15 is 0 Å². The predicted octanol–water partition coefficient (Wildman–Crippen LogP) is 10.4. The molecule has 0 radical (unpaired) electrons. The van der Waals surface area contributed by atoms with Crippen molar-refractivity contribution in [1.29, 1.82) is 0 Å². The van der Waals surface area contributed by atoms with E-state index in [1.165, 1.54) is 40.0 Å². The van der Waals surface area contributed by atoms with Crippen LogP contribution in [0, 0.1) is 19.7 Å². The van der Waals surface area contributed by atoms with Crippen LogP contribution >= 0.6 is 27.5 Å². The van der Waals surface area contributed by atoms with Crippen LogP contribution < -0.4 is 0 Å². The zero-order chi connectivity index (χ0) is 25.9. The molecule has 5 heteroatoms. The molecule has 1 heterocycles. The van der Waals surface area contributed by atoms with E-state index in [0.29, 0.717) is 0 Å². The Bertz CT molecular complexity index is 1670. The van der Waals surface area contributed by atoms with Gasteiger partial charge in [-0.2, -0.15) is 5.10 Å². The van der Waals surface area contributed by atoms with Gasteiger partial charge in [0.05, 0.1) is 11.2 Å². The lowest BCUT2D eigenvalue weighted by atomic mass is 10.0. The van der Waals surface area contributed by atoms with Gasteiger partial charge >= 0.3 is 0 Å². The maximum Gasteiger partial charge on any atom is 0.125 e. The summed E-state index contributed by atoms with van der Waals surface area (Å²) in [5.41, 5.74) is 10.1. The number of rotatable bonds is 3. The Morgan fingerprint density at radius 3 is 2.58 bits per heavy atom. The van der Waals surface area contributed by atoms with Crippen molar-refractivity contribution in [3.05, 3.63) is 134 Å². The molecule has 0 spiro atoms. The average molecular weight is 588 g/mol. The van der Waals surface area contributed by atoms with E-state index in [0.717, 1.165) is 43.6 Å². The summed E-state index contributed by atoms with van der Waals surface area (Å²) in [5, 5.41) is 8.87. The number of hydrogen-bond donors (Lipinski definition) is 1. The predicted molar refractivity (Wildman–Crippen MR) is 164 cm³/mol. The molecular formula is C33H29BrClFN2. The lowest BCUT2D eigenvalue weighted by molar-refractivity contribution is 0.629. The van der Waals surface area contributed by atoms with E-state index in [9.17, 15) is 4.39 Å². The first-order valence-electron chi connectivity index (χ1n) is 12.0. The molecule has 6 rings (SSSR count). The minimum absolute atomic E-state index is 0. The van der Waals surface area contributed by atoms with Gasteiger partial charge < -0.3 is 0 Å². The van der Waals surface area contributed by atoms with Crippen LogP contribution in [-0.2, 0) is 6.42 Å². The van der Waals surface area contributed by atoms with Crippen molar-refractivity contribution in [3.8, 4) is 11.3 Å². The number of allylic oxidation sites excluding steroid dienone is 3. The molecule has 0 unspecified atom stereocenters. The van der Waals surface area contributed by atoms with Gasteiger partial charge in [-0.25, -0.2) is 4.39 Å². The number of aryl methyl sites for hydroxylation is 2. The summed E-state index contributed by atoms with van der Waals surface area (Å²) in [4.78, 5) is 0. The SMILES string of the molecule is C.Cc1cc(/C=C/C2=CCc3ccc(Br)cc32)ccc1Cl.Cc1cccc(-c2n[nH]c3cc(F)ccc23)c1. The molecule has 0 aliphatic heterocycles. The highest BCUT2D eigenvalue weighted by Gasteiger charge is 2.12. The zero-order valence-electron chi connectivity index (χ0n) is 20.5. The molecule has 0 saturated heterocycles.